The smallest absolute Gasteiger partial charge is 0.292 e. The fourth-order valence-corrected chi connectivity index (χ4v) is 2.27. The third-order valence-corrected chi connectivity index (χ3v) is 3.32. The third kappa shape index (κ3) is 3.91. The van der Waals surface area contributed by atoms with Gasteiger partial charge in [0.05, 0.1) is 24.2 Å². The lowest BCUT2D eigenvalue weighted by Gasteiger charge is -2.12. The van der Waals surface area contributed by atoms with E-state index in [9.17, 15) is 10.1 Å². The average molecular weight is 280 g/mol. The number of nitro groups is 1. The second-order valence-electron chi connectivity index (χ2n) is 4.86. The van der Waals surface area contributed by atoms with E-state index in [0.717, 1.165) is 25.0 Å². The molecule has 1 saturated heterocycles. The summed E-state index contributed by atoms with van der Waals surface area (Å²) in [5.74, 6) is 0. The highest BCUT2D eigenvalue weighted by atomic mass is 16.6. The number of hydrogen-bond donors (Lipinski definition) is 1. The molecule has 1 fully saturated rings. The monoisotopic (exact) mass is 280 g/mol. The van der Waals surface area contributed by atoms with Crippen molar-refractivity contribution in [3.63, 3.8) is 0 Å². The summed E-state index contributed by atoms with van der Waals surface area (Å²) in [7, 11) is 0. The number of ether oxygens (including phenoxy) is 2. The normalized spacial score (nSPS) is 18.1. The van der Waals surface area contributed by atoms with Crippen molar-refractivity contribution in [3.8, 4) is 0 Å². The van der Waals surface area contributed by atoms with Crippen LogP contribution in [0.15, 0.2) is 18.2 Å². The Bertz CT molecular complexity index is 458. The molecule has 0 bridgehead atoms. The Morgan fingerprint density at radius 1 is 1.55 bits per heavy atom. The van der Waals surface area contributed by atoms with Crippen molar-refractivity contribution in [2.24, 2.45) is 0 Å². The van der Waals surface area contributed by atoms with Crippen LogP contribution in [0.25, 0.3) is 0 Å². The van der Waals surface area contributed by atoms with Crippen LogP contribution in [0.5, 0.6) is 0 Å². The molecule has 1 aromatic rings. The minimum absolute atomic E-state index is 0.101. The van der Waals surface area contributed by atoms with Gasteiger partial charge in [0.1, 0.15) is 5.69 Å². The lowest BCUT2D eigenvalue weighted by Crippen LogP contribution is -2.18. The predicted octanol–water partition coefficient (Wildman–Crippen LogP) is 2.51. The largest absolute Gasteiger partial charge is 0.377 e. The maximum absolute atomic E-state index is 11.0. The number of nitrogens with one attached hydrogen (secondary N) is 1. The van der Waals surface area contributed by atoms with Gasteiger partial charge in [0, 0.05) is 19.2 Å². The summed E-state index contributed by atoms with van der Waals surface area (Å²) in [4.78, 5) is 10.6. The van der Waals surface area contributed by atoms with Crippen molar-refractivity contribution in [1.82, 2.24) is 0 Å². The first-order valence-electron chi connectivity index (χ1n) is 6.85. The van der Waals surface area contributed by atoms with Crippen molar-refractivity contribution in [3.05, 3.63) is 33.9 Å². The van der Waals surface area contributed by atoms with Crippen molar-refractivity contribution >= 4 is 11.4 Å². The van der Waals surface area contributed by atoms with E-state index in [0.29, 0.717) is 25.4 Å². The molecule has 1 aromatic carbocycles. The molecule has 1 aliphatic heterocycles. The van der Waals surface area contributed by atoms with E-state index in [-0.39, 0.29) is 16.7 Å². The highest BCUT2D eigenvalue weighted by molar-refractivity contribution is 5.65. The molecule has 20 heavy (non-hydrogen) atoms. The Balaban J connectivity index is 1.77. The first kappa shape index (κ1) is 14.7. The Hall–Kier alpha value is -1.66. The number of anilines is 1. The first-order valence-corrected chi connectivity index (χ1v) is 6.85. The zero-order valence-corrected chi connectivity index (χ0v) is 11.6. The van der Waals surface area contributed by atoms with Gasteiger partial charge in [0.25, 0.3) is 5.69 Å². The lowest BCUT2D eigenvalue weighted by atomic mass is 10.1. The molecule has 0 aliphatic carbocycles. The Kier molecular flexibility index (Phi) is 5.31. The van der Waals surface area contributed by atoms with Crippen LogP contribution in [0.3, 0.4) is 0 Å². The molecule has 0 radical (unpaired) electrons. The topological polar surface area (TPSA) is 73.6 Å². The van der Waals surface area contributed by atoms with Gasteiger partial charge >= 0.3 is 0 Å². The number of nitrogens with zero attached hydrogens (tertiary/aromatic N) is 1. The molecule has 1 aliphatic rings. The molecule has 1 unspecified atom stereocenters. The minimum Gasteiger partial charge on any atom is -0.377 e. The number of rotatable bonds is 7. The van der Waals surface area contributed by atoms with Gasteiger partial charge in [-0.05, 0) is 25.3 Å². The SMILES string of the molecule is Cc1cccc([N+](=O)[O-])c1NCCOCC1CCCO1. The standard InChI is InChI=1S/C14H20N2O4/c1-11-4-2-6-13(16(17)18)14(11)15-7-9-19-10-12-5-3-8-20-12/h2,4,6,12,15H,3,5,7-10H2,1H3. The number of nitro benzene ring substituents is 1. The van der Waals surface area contributed by atoms with Crippen molar-refractivity contribution in [2.45, 2.75) is 25.9 Å². The molecule has 2 rings (SSSR count). The van der Waals surface area contributed by atoms with Gasteiger partial charge in [0.15, 0.2) is 0 Å². The van der Waals surface area contributed by atoms with Gasteiger partial charge in [-0.3, -0.25) is 10.1 Å². The summed E-state index contributed by atoms with van der Waals surface area (Å²) in [5.41, 5.74) is 1.53. The summed E-state index contributed by atoms with van der Waals surface area (Å²) in [5, 5.41) is 14.0. The highest BCUT2D eigenvalue weighted by Gasteiger charge is 2.16. The number of aryl methyl sites for hydroxylation is 1. The summed E-state index contributed by atoms with van der Waals surface area (Å²) in [6, 6.07) is 5.04. The maximum atomic E-state index is 11.0. The third-order valence-electron chi connectivity index (χ3n) is 3.32. The van der Waals surface area contributed by atoms with Gasteiger partial charge < -0.3 is 14.8 Å². The predicted molar refractivity (Wildman–Crippen MR) is 76.1 cm³/mol. The maximum Gasteiger partial charge on any atom is 0.292 e. The summed E-state index contributed by atoms with van der Waals surface area (Å²) < 4.78 is 11.0. The molecule has 110 valence electrons. The van der Waals surface area contributed by atoms with Crippen LogP contribution in [0.2, 0.25) is 0 Å². The molecule has 0 aromatic heterocycles. The Morgan fingerprint density at radius 3 is 3.10 bits per heavy atom. The minimum atomic E-state index is -0.372. The molecule has 6 heteroatoms. The van der Waals surface area contributed by atoms with Gasteiger partial charge in [-0.1, -0.05) is 12.1 Å². The average Bonchev–Trinajstić information content (AvgIpc) is 2.92. The molecule has 1 atom stereocenters. The lowest BCUT2D eigenvalue weighted by molar-refractivity contribution is -0.384. The van der Waals surface area contributed by atoms with Crippen LogP contribution >= 0.6 is 0 Å². The molecule has 1 heterocycles. The molecule has 0 saturated carbocycles. The van der Waals surface area contributed by atoms with Crippen molar-refractivity contribution < 1.29 is 14.4 Å². The van der Waals surface area contributed by atoms with E-state index in [1.54, 1.807) is 6.07 Å². The number of para-hydroxylation sites is 1. The van der Waals surface area contributed by atoms with E-state index >= 15 is 0 Å². The van der Waals surface area contributed by atoms with E-state index in [4.69, 9.17) is 9.47 Å². The highest BCUT2D eigenvalue weighted by Crippen LogP contribution is 2.27. The van der Waals surface area contributed by atoms with E-state index < -0.39 is 0 Å². The Labute approximate surface area is 118 Å². The summed E-state index contributed by atoms with van der Waals surface area (Å²) in [6.07, 6.45) is 2.36. The van der Waals surface area contributed by atoms with Crippen LogP contribution in [-0.2, 0) is 9.47 Å². The molecular formula is C14H20N2O4. The zero-order chi connectivity index (χ0) is 14.4. The fourth-order valence-electron chi connectivity index (χ4n) is 2.27. The Morgan fingerprint density at radius 2 is 2.40 bits per heavy atom. The van der Waals surface area contributed by atoms with Gasteiger partial charge in [-0.15, -0.1) is 0 Å². The fraction of sp³-hybridized carbons (Fsp3) is 0.571. The van der Waals surface area contributed by atoms with E-state index in [1.165, 1.54) is 6.07 Å². The van der Waals surface area contributed by atoms with Crippen LogP contribution in [-0.4, -0.2) is 37.4 Å². The molecule has 6 nitrogen and oxygen atoms in total. The molecule has 1 N–H and O–H groups in total. The quantitative estimate of drug-likeness (QED) is 0.472. The van der Waals surface area contributed by atoms with Crippen molar-refractivity contribution in [2.75, 3.05) is 31.7 Å². The van der Waals surface area contributed by atoms with E-state index in [2.05, 4.69) is 5.32 Å². The van der Waals surface area contributed by atoms with Crippen molar-refractivity contribution in [1.29, 1.82) is 0 Å². The molecule has 0 spiro atoms. The summed E-state index contributed by atoms with van der Waals surface area (Å²) >= 11 is 0. The molecule has 0 amide bonds. The van der Waals surface area contributed by atoms with Crippen LogP contribution in [0, 0.1) is 17.0 Å². The zero-order valence-electron chi connectivity index (χ0n) is 11.6. The molecular weight excluding hydrogens is 260 g/mol. The van der Waals surface area contributed by atoms with E-state index in [1.807, 2.05) is 13.0 Å². The summed E-state index contributed by atoms with van der Waals surface area (Å²) in [6.45, 7) is 4.31. The van der Waals surface area contributed by atoms with Gasteiger partial charge in [0.2, 0.25) is 0 Å². The second kappa shape index (κ2) is 7.21. The first-order chi connectivity index (χ1) is 9.68. The van der Waals surface area contributed by atoms with Crippen LogP contribution < -0.4 is 5.32 Å². The van der Waals surface area contributed by atoms with Gasteiger partial charge in [-0.2, -0.15) is 0 Å². The second-order valence-corrected chi connectivity index (χ2v) is 4.86. The number of benzene rings is 1. The van der Waals surface area contributed by atoms with Crippen LogP contribution in [0.4, 0.5) is 11.4 Å². The van der Waals surface area contributed by atoms with Crippen LogP contribution in [0.1, 0.15) is 18.4 Å². The number of hydrogen-bond acceptors (Lipinski definition) is 5. The van der Waals surface area contributed by atoms with Gasteiger partial charge in [-0.25, -0.2) is 0 Å².